The summed E-state index contributed by atoms with van der Waals surface area (Å²) in [6.45, 7) is 0. The zero-order valence-corrected chi connectivity index (χ0v) is 15.6. The lowest BCUT2D eigenvalue weighted by molar-refractivity contribution is -0.173. The van der Waals surface area contributed by atoms with E-state index in [9.17, 15) is 18.0 Å². The number of alkyl halides is 3. The number of halogens is 4. The van der Waals surface area contributed by atoms with Crippen molar-refractivity contribution in [1.29, 1.82) is 0 Å². The molecular weight excluding hydrogens is 415 g/mol. The van der Waals surface area contributed by atoms with Crippen LogP contribution in [0.2, 0.25) is 5.15 Å². The Balaban J connectivity index is 1.65. The van der Waals surface area contributed by atoms with Gasteiger partial charge in [-0.15, -0.1) is 11.3 Å². The van der Waals surface area contributed by atoms with Crippen molar-refractivity contribution in [1.82, 2.24) is 14.8 Å². The second-order valence-corrected chi connectivity index (χ2v) is 7.50. The molecule has 3 aromatic heterocycles. The Hall–Kier alpha value is -2.59. The van der Waals surface area contributed by atoms with Crippen LogP contribution in [0.4, 0.5) is 24.7 Å². The Kier molecular flexibility index (Phi) is 4.76. The highest BCUT2D eigenvalue weighted by molar-refractivity contribution is 7.10. The largest absolute Gasteiger partial charge is 0.410 e. The van der Waals surface area contributed by atoms with Crippen LogP contribution in [0.25, 0.3) is 0 Å². The van der Waals surface area contributed by atoms with Crippen molar-refractivity contribution >= 4 is 40.4 Å². The van der Waals surface area contributed by atoms with Crippen LogP contribution in [-0.2, 0) is 0 Å². The second kappa shape index (κ2) is 7.10. The summed E-state index contributed by atoms with van der Waals surface area (Å²) in [7, 11) is 0. The van der Waals surface area contributed by atoms with Gasteiger partial charge < -0.3 is 10.6 Å². The zero-order valence-electron chi connectivity index (χ0n) is 14.1. The van der Waals surface area contributed by atoms with E-state index in [0.717, 1.165) is 9.56 Å². The van der Waals surface area contributed by atoms with Crippen LogP contribution in [0.1, 0.15) is 33.9 Å². The molecule has 6 nitrogen and oxygen atoms in total. The van der Waals surface area contributed by atoms with Gasteiger partial charge in [-0.2, -0.15) is 18.3 Å². The van der Waals surface area contributed by atoms with E-state index in [2.05, 4.69) is 20.7 Å². The molecule has 0 saturated heterocycles. The molecule has 0 fully saturated rings. The van der Waals surface area contributed by atoms with Gasteiger partial charge in [0.05, 0.1) is 11.7 Å². The summed E-state index contributed by atoms with van der Waals surface area (Å²) < 4.78 is 41.7. The maximum atomic E-state index is 13.6. The number of fused-ring (bicyclic) bond motifs is 1. The Morgan fingerprint density at radius 1 is 1.36 bits per heavy atom. The molecule has 1 aliphatic rings. The van der Waals surface area contributed by atoms with Gasteiger partial charge in [0.25, 0.3) is 5.91 Å². The number of anilines is 2. The number of pyridine rings is 1. The molecule has 1 amide bonds. The first-order valence-electron chi connectivity index (χ1n) is 8.21. The quantitative estimate of drug-likeness (QED) is 0.583. The van der Waals surface area contributed by atoms with Gasteiger partial charge in [-0.3, -0.25) is 4.79 Å². The van der Waals surface area contributed by atoms with Crippen molar-refractivity contribution < 1.29 is 18.0 Å². The van der Waals surface area contributed by atoms with Crippen LogP contribution in [0.3, 0.4) is 0 Å². The second-order valence-electron chi connectivity index (χ2n) is 6.16. The molecule has 2 atom stereocenters. The van der Waals surface area contributed by atoms with E-state index >= 15 is 0 Å². The lowest BCUT2D eigenvalue weighted by Crippen LogP contribution is -2.35. The summed E-state index contributed by atoms with van der Waals surface area (Å²) in [6, 6.07) is 5.63. The Labute approximate surface area is 166 Å². The number of aromatic nitrogens is 3. The minimum atomic E-state index is -4.50. The van der Waals surface area contributed by atoms with Gasteiger partial charge in [0.2, 0.25) is 0 Å². The number of carbonyl (C=O) groups is 1. The van der Waals surface area contributed by atoms with Gasteiger partial charge in [-0.05, 0) is 23.6 Å². The number of hydrogen-bond donors (Lipinski definition) is 2. The monoisotopic (exact) mass is 427 g/mol. The Morgan fingerprint density at radius 3 is 2.86 bits per heavy atom. The third-order valence-corrected chi connectivity index (χ3v) is 5.60. The lowest BCUT2D eigenvalue weighted by atomic mass is 10.0. The lowest BCUT2D eigenvalue weighted by Gasteiger charge is -2.32. The van der Waals surface area contributed by atoms with Crippen LogP contribution in [0, 0.1) is 0 Å². The molecule has 0 aliphatic carbocycles. The SMILES string of the molecule is O=C(Nc1cccnc1Cl)c1cc2n(n1)[C@@H](C(F)(F)F)C[C@H](c1cccs1)N2. The number of hydrogen-bond acceptors (Lipinski definition) is 5. The molecule has 0 aromatic carbocycles. The molecule has 2 N–H and O–H groups in total. The number of thiophene rings is 1. The van der Waals surface area contributed by atoms with Crippen molar-refractivity contribution in [2.75, 3.05) is 10.6 Å². The van der Waals surface area contributed by atoms with E-state index in [0.29, 0.717) is 0 Å². The average molecular weight is 428 g/mol. The van der Waals surface area contributed by atoms with E-state index in [1.807, 2.05) is 5.38 Å². The molecule has 3 aromatic rings. The molecule has 28 heavy (non-hydrogen) atoms. The van der Waals surface area contributed by atoms with E-state index in [4.69, 9.17) is 11.6 Å². The van der Waals surface area contributed by atoms with Crippen LogP contribution in [0.15, 0.2) is 41.9 Å². The third kappa shape index (κ3) is 3.57. The van der Waals surface area contributed by atoms with Crippen LogP contribution in [0.5, 0.6) is 0 Å². The fourth-order valence-corrected chi connectivity index (χ4v) is 3.98. The predicted molar refractivity (Wildman–Crippen MR) is 99.8 cm³/mol. The Bertz CT molecular complexity index is 1000. The van der Waals surface area contributed by atoms with Crippen molar-refractivity contribution in [3.8, 4) is 0 Å². The molecule has 11 heteroatoms. The minimum absolute atomic E-state index is 0.0730. The maximum absolute atomic E-state index is 13.6. The van der Waals surface area contributed by atoms with Gasteiger partial charge >= 0.3 is 6.18 Å². The fourth-order valence-electron chi connectivity index (χ4n) is 3.03. The van der Waals surface area contributed by atoms with Gasteiger partial charge in [0.1, 0.15) is 5.82 Å². The number of carbonyl (C=O) groups excluding carboxylic acids is 1. The molecule has 146 valence electrons. The maximum Gasteiger partial charge on any atom is 0.410 e. The van der Waals surface area contributed by atoms with Crippen LogP contribution >= 0.6 is 22.9 Å². The fraction of sp³-hybridized carbons (Fsp3) is 0.235. The normalized spacial score (nSPS) is 19.0. The van der Waals surface area contributed by atoms with E-state index < -0.39 is 24.2 Å². The average Bonchev–Trinajstić information content (AvgIpc) is 3.31. The summed E-state index contributed by atoms with van der Waals surface area (Å²) >= 11 is 7.28. The summed E-state index contributed by atoms with van der Waals surface area (Å²) in [6.07, 6.45) is -3.26. The molecule has 0 radical (unpaired) electrons. The number of amides is 1. The number of nitrogens with one attached hydrogen (secondary N) is 2. The van der Waals surface area contributed by atoms with Crippen molar-refractivity contribution in [3.63, 3.8) is 0 Å². The highest BCUT2D eigenvalue weighted by atomic mass is 35.5. The minimum Gasteiger partial charge on any atom is -0.363 e. The molecule has 0 bridgehead atoms. The van der Waals surface area contributed by atoms with Crippen molar-refractivity contribution in [3.05, 3.63) is 57.6 Å². The molecule has 4 heterocycles. The van der Waals surface area contributed by atoms with Crippen LogP contribution < -0.4 is 10.6 Å². The molecule has 0 unspecified atom stereocenters. The molecule has 4 rings (SSSR count). The van der Waals surface area contributed by atoms with Crippen molar-refractivity contribution in [2.24, 2.45) is 0 Å². The summed E-state index contributed by atoms with van der Waals surface area (Å²) in [4.78, 5) is 17.1. The number of nitrogens with zero attached hydrogens (tertiary/aromatic N) is 3. The van der Waals surface area contributed by atoms with E-state index in [1.165, 1.54) is 29.7 Å². The third-order valence-electron chi connectivity index (χ3n) is 4.32. The van der Waals surface area contributed by atoms with Gasteiger partial charge in [0, 0.05) is 23.6 Å². The first kappa shape index (κ1) is 18.8. The van der Waals surface area contributed by atoms with Gasteiger partial charge in [0.15, 0.2) is 16.9 Å². The molecule has 1 aliphatic heterocycles. The highest BCUT2D eigenvalue weighted by Crippen LogP contribution is 2.44. The molecule has 0 saturated carbocycles. The van der Waals surface area contributed by atoms with Crippen molar-refractivity contribution in [2.45, 2.75) is 24.7 Å². The van der Waals surface area contributed by atoms with Gasteiger partial charge in [-0.25, -0.2) is 9.67 Å². The molecular formula is C17H13ClF3N5OS. The van der Waals surface area contributed by atoms with E-state index in [1.54, 1.807) is 18.2 Å². The number of rotatable bonds is 3. The standard InChI is InChI=1S/C17H13ClF3N5OS/c18-15-9(3-1-5-22-15)24-16(27)11-8-14-23-10(12-4-2-6-28-12)7-13(17(19,20)21)26(14)25-11/h1-6,8,10,13,23H,7H2,(H,24,27)/t10-,13-/m1/s1. The first-order chi connectivity index (χ1) is 13.3. The predicted octanol–water partition coefficient (Wildman–Crippen LogP) is 4.91. The summed E-state index contributed by atoms with van der Waals surface area (Å²) in [5.41, 5.74) is 0.0976. The zero-order chi connectivity index (χ0) is 19.9. The molecule has 0 spiro atoms. The summed E-state index contributed by atoms with van der Waals surface area (Å²) in [5.74, 6) is -0.540. The summed E-state index contributed by atoms with van der Waals surface area (Å²) in [5, 5.41) is 11.3. The smallest absolute Gasteiger partial charge is 0.363 e. The first-order valence-corrected chi connectivity index (χ1v) is 9.47. The van der Waals surface area contributed by atoms with Gasteiger partial charge in [-0.1, -0.05) is 17.7 Å². The Morgan fingerprint density at radius 2 is 2.18 bits per heavy atom. The van der Waals surface area contributed by atoms with Crippen LogP contribution in [-0.4, -0.2) is 26.8 Å². The topological polar surface area (TPSA) is 71.8 Å². The van der Waals surface area contributed by atoms with E-state index in [-0.39, 0.29) is 28.8 Å². The highest BCUT2D eigenvalue weighted by Gasteiger charge is 2.47.